The summed E-state index contributed by atoms with van der Waals surface area (Å²) in [7, 11) is 2.08. The Bertz CT molecular complexity index is 665. The number of nitrogens with zero attached hydrogens (tertiary/aromatic N) is 4. The predicted octanol–water partition coefficient (Wildman–Crippen LogP) is 1.34. The molecule has 0 radical (unpaired) electrons. The molecule has 1 saturated heterocycles. The number of likely N-dealkylation sites (tertiary alicyclic amines) is 1. The van der Waals surface area contributed by atoms with Gasteiger partial charge >= 0.3 is 0 Å². The fraction of sp³-hybridized carbons (Fsp3) is 0.438. The minimum Gasteiger partial charge on any atom is -0.347 e. The SMILES string of the molecule is CN1CC(NC(=O)c2ccnc(-n3ccnc3)c2)C(C)(C)C1. The van der Waals surface area contributed by atoms with E-state index < -0.39 is 0 Å². The molecule has 1 fully saturated rings. The molecule has 3 rings (SSSR count). The summed E-state index contributed by atoms with van der Waals surface area (Å²) in [4.78, 5) is 23.1. The Morgan fingerprint density at radius 2 is 2.23 bits per heavy atom. The molecule has 0 saturated carbocycles. The van der Waals surface area contributed by atoms with Crippen molar-refractivity contribution < 1.29 is 4.79 Å². The summed E-state index contributed by atoms with van der Waals surface area (Å²) in [6, 6.07) is 3.67. The van der Waals surface area contributed by atoms with Crippen molar-refractivity contribution >= 4 is 5.91 Å². The molecule has 22 heavy (non-hydrogen) atoms. The number of nitrogens with one attached hydrogen (secondary N) is 1. The number of carbonyl (C=O) groups is 1. The first-order chi connectivity index (χ1) is 10.5. The third-order valence-corrected chi connectivity index (χ3v) is 4.20. The summed E-state index contributed by atoms with van der Waals surface area (Å²) in [5.74, 6) is 0.630. The van der Waals surface area contributed by atoms with E-state index in [2.05, 4.69) is 41.1 Å². The van der Waals surface area contributed by atoms with Crippen LogP contribution in [0.5, 0.6) is 0 Å². The highest BCUT2D eigenvalue weighted by Gasteiger charge is 2.38. The summed E-state index contributed by atoms with van der Waals surface area (Å²) in [6.07, 6.45) is 6.81. The quantitative estimate of drug-likeness (QED) is 0.929. The van der Waals surface area contributed by atoms with Gasteiger partial charge in [0.05, 0.1) is 0 Å². The lowest BCUT2D eigenvalue weighted by Gasteiger charge is -2.26. The van der Waals surface area contributed by atoms with Crippen LogP contribution in [0.15, 0.2) is 37.1 Å². The van der Waals surface area contributed by atoms with E-state index in [0.29, 0.717) is 11.4 Å². The lowest BCUT2D eigenvalue weighted by Crippen LogP contribution is -2.44. The van der Waals surface area contributed by atoms with Crippen molar-refractivity contribution in [3.05, 3.63) is 42.6 Å². The van der Waals surface area contributed by atoms with Crippen LogP contribution in [-0.2, 0) is 0 Å². The van der Waals surface area contributed by atoms with Crippen LogP contribution in [0.25, 0.3) is 5.82 Å². The number of rotatable bonds is 3. The molecule has 116 valence electrons. The molecule has 1 N–H and O–H groups in total. The monoisotopic (exact) mass is 299 g/mol. The zero-order valence-corrected chi connectivity index (χ0v) is 13.2. The second kappa shape index (κ2) is 5.53. The molecular weight excluding hydrogens is 278 g/mol. The molecule has 0 aliphatic carbocycles. The van der Waals surface area contributed by atoms with Gasteiger partial charge in [-0.3, -0.25) is 9.36 Å². The van der Waals surface area contributed by atoms with E-state index in [1.807, 2.05) is 0 Å². The molecule has 2 aromatic heterocycles. The number of likely N-dealkylation sites (N-methyl/N-ethyl adjacent to an activating group) is 1. The molecule has 6 heteroatoms. The van der Waals surface area contributed by atoms with Gasteiger partial charge in [0.25, 0.3) is 5.91 Å². The number of carbonyl (C=O) groups excluding carboxylic acids is 1. The fourth-order valence-electron chi connectivity index (χ4n) is 3.01. The topological polar surface area (TPSA) is 63.1 Å². The minimum atomic E-state index is -0.0582. The lowest BCUT2D eigenvalue weighted by atomic mass is 9.87. The van der Waals surface area contributed by atoms with E-state index in [1.54, 1.807) is 41.6 Å². The van der Waals surface area contributed by atoms with Gasteiger partial charge in [-0.25, -0.2) is 9.97 Å². The molecule has 1 amide bonds. The molecular formula is C16H21N5O. The van der Waals surface area contributed by atoms with Crippen molar-refractivity contribution in [2.45, 2.75) is 19.9 Å². The van der Waals surface area contributed by atoms with Gasteiger partial charge in [-0.1, -0.05) is 13.8 Å². The van der Waals surface area contributed by atoms with Crippen LogP contribution >= 0.6 is 0 Å². The lowest BCUT2D eigenvalue weighted by molar-refractivity contribution is 0.0916. The van der Waals surface area contributed by atoms with Crippen molar-refractivity contribution in [1.29, 1.82) is 0 Å². The number of pyridine rings is 1. The van der Waals surface area contributed by atoms with Crippen molar-refractivity contribution in [3.8, 4) is 5.82 Å². The molecule has 0 spiro atoms. The maximum atomic E-state index is 12.5. The zero-order chi connectivity index (χ0) is 15.7. The van der Waals surface area contributed by atoms with Gasteiger partial charge in [0.15, 0.2) is 0 Å². The molecule has 1 atom stereocenters. The van der Waals surface area contributed by atoms with Gasteiger partial charge in [-0.2, -0.15) is 0 Å². The van der Waals surface area contributed by atoms with Gasteiger partial charge in [0, 0.05) is 43.3 Å². The molecule has 0 aromatic carbocycles. The highest BCUT2D eigenvalue weighted by atomic mass is 16.1. The van der Waals surface area contributed by atoms with E-state index in [-0.39, 0.29) is 17.4 Å². The molecule has 3 heterocycles. The number of amides is 1. The summed E-state index contributed by atoms with van der Waals surface area (Å²) in [6.45, 7) is 6.22. The van der Waals surface area contributed by atoms with Gasteiger partial charge < -0.3 is 10.2 Å². The summed E-state index contributed by atoms with van der Waals surface area (Å²) < 4.78 is 1.78. The van der Waals surface area contributed by atoms with Gasteiger partial charge in [-0.05, 0) is 24.6 Å². The van der Waals surface area contributed by atoms with E-state index in [1.165, 1.54) is 0 Å². The summed E-state index contributed by atoms with van der Waals surface area (Å²) in [5, 5.41) is 3.16. The largest absolute Gasteiger partial charge is 0.347 e. The number of aromatic nitrogens is 3. The van der Waals surface area contributed by atoms with E-state index >= 15 is 0 Å². The Morgan fingerprint density at radius 3 is 2.86 bits per heavy atom. The van der Waals surface area contributed by atoms with Crippen molar-refractivity contribution in [3.63, 3.8) is 0 Å². The zero-order valence-electron chi connectivity index (χ0n) is 13.2. The van der Waals surface area contributed by atoms with Crippen molar-refractivity contribution in [1.82, 2.24) is 24.8 Å². The Kier molecular flexibility index (Phi) is 3.70. The van der Waals surface area contributed by atoms with Crippen LogP contribution in [0, 0.1) is 5.41 Å². The Morgan fingerprint density at radius 1 is 1.41 bits per heavy atom. The first kappa shape index (κ1) is 14.7. The smallest absolute Gasteiger partial charge is 0.251 e. The first-order valence-electron chi connectivity index (χ1n) is 7.39. The minimum absolute atomic E-state index is 0.0582. The Labute approximate surface area is 130 Å². The van der Waals surface area contributed by atoms with Crippen LogP contribution in [0.1, 0.15) is 24.2 Å². The number of hydrogen-bond donors (Lipinski definition) is 1. The van der Waals surface area contributed by atoms with Crippen LogP contribution in [0.4, 0.5) is 0 Å². The first-order valence-corrected chi connectivity index (χ1v) is 7.39. The third-order valence-electron chi connectivity index (χ3n) is 4.20. The highest BCUT2D eigenvalue weighted by Crippen LogP contribution is 2.28. The summed E-state index contributed by atoms with van der Waals surface area (Å²) in [5.41, 5.74) is 0.689. The van der Waals surface area contributed by atoms with Crippen LogP contribution in [0.3, 0.4) is 0 Å². The predicted molar refractivity (Wildman–Crippen MR) is 83.9 cm³/mol. The third kappa shape index (κ3) is 2.87. The van der Waals surface area contributed by atoms with Gasteiger partial charge in [-0.15, -0.1) is 0 Å². The summed E-state index contributed by atoms with van der Waals surface area (Å²) >= 11 is 0. The van der Waals surface area contributed by atoms with Gasteiger partial charge in [0.2, 0.25) is 0 Å². The average molecular weight is 299 g/mol. The van der Waals surface area contributed by atoms with Crippen molar-refractivity contribution in [2.24, 2.45) is 5.41 Å². The Balaban J connectivity index is 1.77. The fourth-order valence-corrected chi connectivity index (χ4v) is 3.01. The second-order valence-corrected chi connectivity index (χ2v) is 6.58. The molecule has 1 unspecified atom stereocenters. The highest BCUT2D eigenvalue weighted by molar-refractivity contribution is 5.94. The van der Waals surface area contributed by atoms with Gasteiger partial charge in [0.1, 0.15) is 12.1 Å². The normalized spacial score (nSPS) is 21.0. The van der Waals surface area contributed by atoms with Crippen molar-refractivity contribution in [2.75, 3.05) is 20.1 Å². The van der Waals surface area contributed by atoms with Crippen LogP contribution < -0.4 is 5.32 Å². The standard InChI is InChI=1S/C16H21N5O/c1-16(2)10-20(3)9-13(16)19-15(22)12-4-5-18-14(8-12)21-7-6-17-11-21/h4-8,11,13H,9-10H2,1-3H3,(H,19,22). The Hall–Kier alpha value is -2.21. The average Bonchev–Trinajstić information content (AvgIpc) is 3.07. The molecule has 6 nitrogen and oxygen atoms in total. The van der Waals surface area contributed by atoms with E-state index in [4.69, 9.17) is 0 Å². The van der Waals surface area contributed by atoms with Crippen LogP contribution in [-0.4, -0.2) is 51.5 Å². The van der Waals surface area contributed by atoms with Crippen LogP contribution in [0.2, 0.25) is 0 Å². The number of hydrogen-bond acceptors (Lipinski definition) is 4. The number of imidazole rings is 1. The maximum Gasteiger partial charge on any atom is 0.251 e. The van der Waals surface area contributed by atoms with E-state index in [0.717, 1.165) is 13.1 Å². The molecule has 1 aliphatic rings. The maximum absolute atomic E-state index is 12.5. The molecule has 1 aliphatic heterocycles. The molecule has 2 aromatic rings. The second-order valence-electron chi connectivity index (χ2n) is 6.58. The van der Waals surface area contributed by atoms with E-state index in [9.17, 15) is 4.79 Å². The molecule has 0 bridgehead atoms.